The van der Waals surface area contributed by atoms with Crippen molar-refractivity contribution in [2.24, 2.45) is 12.5 Å². The van der Waals surface area contributed by atoms with E-state index in [2.05, 4.69) is 15.1 Å². The minimum Gasteiger partial charge on any atom is -0.461 e. The number of piperazine rings is 1. The van der Waals surface area contributed by atoms with Crippen LogP contribution in [0.3, 0.4) is 0 Å². The van der Waals surface area contributed by atoms with Crippen molar-refractivity contribution in [1.29, 1.82) is 0 Å². The van der Waals surface area contributed by atoms with Crippen molar-refractivity contribution in [2.45, 2.75) is 88.1 Å². The summed E-state index contributed by atoms with van der Waals surface area (Å²) >= 11 is 0. The number of aryl methyl sites for hydroxylation is 2. The lowest BCUT2D eigenvalue weighted by molar-refractivity contribution is -0.667. The van der Waals surface area contributed by atoms with Gasteiger partial charge in [-0.15, -0.1) is 0 Å². The molecule has 1 aliphatic carbocycles. The van der Waals surface area contributed by atoms with Gasteiger partial charge in [0.1, 0.15) is 36.5 Å². The molecule has 1 N–H and O–H groups in total. The number of halogens is 3. The maximum Gasteiger partial charge on any atom is 0.319 e. The molecule has 7 heterocycles. The first-order valence-electron chi connectivity index (χ1n) is 17.4. The normalized spacial score (nSPS) is 30.3. The van der Waals surface area contributed by atoms with E-state index in [4.69, 9.17) is 14.7 Å². The van der Waals surface area contributed by atoms with E-state index in [9.17, 15) is 8.78 Å². The number of alkyl halides is 1. The Bertz CT molecular complexity index is 2000. The summed E-state index contributed by atoms with van der Waals surface area (Å²) < 4.78 is 55.6. The predicted molar refractivity (Wildman–Crippen MR) is 173 cm³/mol. The molecule has 5 aliphatic heterocycles. The first-order valence-corrected chi connectivity index (χ1v) is 17.4. The summed E-state index contributed by atoms with van der Waals surface area (Å²) in [6.45, 7) is 4.21. The lowest BCUT2D eigenvalue weighted by Crippen LogP contribution is -2.58. The molecule has 2 aromatic carbocycles. The van der Waals surface area contributed by atoms with Gasteiger partial charge in [-0.2, -0.15) is 18.9 Å². The quantitative estimate of drug-likeness (QED) is 0.299. The van der Waals surface area contributed by atoms with Gasteiger partial charge in [0.05, 0.1) is 11.1 Å². The highest BCUT2D eigenvalue weighted by Crippen LogP contribution is 2.61. The Morgan fingerprint density at radius 1 is 1.06 bits per heavy atom. The monoisotopic (exact) mass is 641 g/mol. The summed E-state index contributed by atoms with van der Waals surface area (Å²) in [5.41, 5.74) is 2.65. The Labute approximate surface area is 272 Å². The number of hydrogen-bond acceptors (Lipinski definition) is 6. The molecule has 47 heavy (non-hydrogen) atoms. The summed E-state index contributed by atoms with van der Waals surface area (Å²) in [5, 5.41) is 6.10. The van der Waals surface area contributed by atoms with Crippen LogP contribution in [0.2, 0.25) is 0 Å². The van der Waals surface area contributed by atoms with Crippen molar-refractivity contribution in [3.63, 3.8) is 0 Å². The van der Waals surface area contributed by atoms with Gasteiger partial charge in [-0.3, -0.25) is 4.90 Å². The Kier molecular flexibility index (Phi) is 5.93. The molecular weight excluding hydrogens is 601 g/mol. The van der Waals surface area contributed by atoms with Gasteiger partial charge in [-0.1, -0.05) is 18.2 Å². The largest absolute Gasteiger partial charge is 0.461 e. The van der Waals surface area contributed by atoms with Crippen molar-refractivity contribution in [3.05, 3.63) is 53.2 Å². The van der Waals surface area contributed by atoms with Gasteiger partial charge in [0.15, 0.2) is 11.5 Å². The smallest absolute Gasteiger partial charge is 0.319 e. The van der Waals surface area contributed by atoms with Gasteiger partial charge in [0.2, 0.25) is 5.82 Å². The van der Waals surface area contributed by atoms with E-state index in [1.165, 1.54) is 18.9 Å². The van der Waals surface area contributed by atoms with Crippen molar-refractivity contribution in [1.82, 2.24) is 20.2 Å². The fourth-order valence-electron chi connectivity index (χ4n) is 10.3. The van der Waals surface area contributed by atoms with Crippen LogP contribution in [-0.4, -0.2) is 70.9 Å². The van der Waals surface area contributed by atoms with Crippen LogP contribution in [0, 0.1) is 24.0 Å². The van der Waals surface area contributed by atoms with Crippen LogP contribution < -0.4 is 19.5 Å². The second-order valence-corrected chi connectivity index (χ2v) is 15.5. The summed E-state index contributed by atoms with van der Waals surface area (Å²) in [5.74, 6) is -0.0477. The van der Waals surface area contributed by atoms with Crippen LogP contribution in [0.15, 0.2) is 30.3 Å². The molecule has 0 radical (unpaired) electrons. The molecule has 244 valence electrons. The zero-order chi connectivity index (χ0) is 31.8. The number of ether oxygens (including phenoxy) is 1. The van der Waals surface area contributed by atoms with Crippen molar-refractivity contribution < 1.29 is 22.5 Å². The van der Waals surface area contributed by atoms with Gasteiger partial charge in [0.25, 0.3) is 5.69 Å². The predicted octanol–water partition coefficient (Wildman–Crippen LogP) is 5.46. The molecule has 1 saturated carbocycles. The zero-order valence-corrected chi connectivity index (χ0v) is 27.0. The Morgan fingerprint density at radius 2 is 1.94 bits per heavy atom. The molecule has 0 amide bonds. The standard InChI is InChI=1S/C37H40F3N6O/c1-20-25(39)8-6-21-4-3-5-24(29(20)21)33-31(40)32-30-28(44(33)2)11-10-27-26-9-7-23(41-26)16-46(27)34(30)43-35(42-32)47-19-37-14-22(38)15-45(37)18-36(17-37)12-13-36/h3-6,8,22-23,26-27,41H,7,9-19H2,1-2H3/q+1/t22-,23-,26+,27-,37+/m1/s1. The SMILES string of the molecule is Cc1c(F)ccc2cccc(-c3c(F)c4nc(OC[C@@]56C[C@@H](F)CN5CC5(CC5)C6)nc5c4c([n+]3C)CC[C@@H]3[C@@H]4CC[C@H](CN53)N4)c12. The number of nitrogens with zero attached hydrogens (tertiary/aromatic N) is 5. The van der Waals surface area contributed by atoms with Crippen LogP contribution in [0.1, 0.15) is 56.2 Å². The minimum atomic E-state index is -0.870. The summed E-state index contributed by atoms with van der Waals surface area (Å²) in [6.07, 6.45) is 6.75. The third kappa shape index (κ3) is 4.09. The van der Waals surface area contributed by atoms with Gasteiger partial charge in [-0.05, 0) is 73.9 Å². The molecule has 0 unspecified atom stereocenters. The summed E-state index contributed by atoms with van der Waals surface area (Å²) in [4.78, 5) is 14.6. The highest BCUT2D eigenvalue weighted by atomic mass is 19.1. The van der Waals surface area contributed by atoms with E-state index in [1.54, 1.807) is 13.0 Å². The zero-order valence-electron chi connectivity index (χ0n) is 27.0. The lowest BCUT2D eigenvalue weighted by atomic mass is 9.89. The summed E-state index contributed by atoms with van der Waals surface area (Å²) in [6, 6.07) is 10.0. The van der Waals surface area contributed by atoms with Crippen molar-refractivity contribution in [3.8, 4) is 17.3 Å². The summed E-state index contributed by atoms with van der Waals surface area (Å²) in [7, 11) is 1.92. The average molecular weight is 642 g/mol. The van der Waals surface area contributed by atoms with Gasteiger partial charge in [-0.25, -0.2) is 8.78 Å². The Morgan fingerprint density at radius 3 is 2.79 bits per heavy atom. The maximum absolute atomic E-state index is 17.4. The molecule has 6 aliphatic rings. The van der Waals surface area contributed by atoms with Gasteiger partial charge < -0.3 is 15.0 Å². The molecular formula is C37H40F3N6O+. The van der Waals surface area contributed by atoms with E-state index in [0.29, 0.717) is 59.3 Å². The Balaban J connectivity index is 1.16. The van der Waals surface area contributed by atoms with Crippen LogP contribution in [-0.2, 0) is 13.5 Å². The van der Waals surface area contributed by atoms with Crippen LogP contribution in [0.25, 0.3) is 32.9 Å². The molecule has 10 heteroatoms. The average Bonchev–Trinajstić information content (AvgIpc) is 3.52. The fraction of sp³-hybridized carbons (Fsp3) is 0.541. The molecule has 2 aromatic heterocycles. The van der Waals surface area contributed by atoms with E-state index in [0.717, 1.165) is 67.5 Å². The molecule has 5 atom stereocenters. The lowest BCUT2D eigenvalue weighted by Gasteiger charge is -2.41. The van der Waals surface area contributed by atoms with Gasteiger partial charge in [0, 0.05) is 56.0 Å². The third-order valence-corrected chi connectivity index (χ3v) is 12.7. The number of nitrogens with one attached hydrogen (secondary N) is 1. The highest BCUT2D eigenvalue weighted by molar-refractivity contribution is 6.00. The number of aromatic nitrogens is 3. The molecule has 2 bridgehead atoms. The van der Waals surface area contributed by atoms with Crippen molar-refractivity contribution >= 4 is 27.5 Å². The molecule has 10 rings (SSSR count). The minimum absolute atomic E-state index is 0.150. The molecule has 5 fully saturated rings. The number of benzene rings is 2. The maximum atomic E-state index is 17.4. The van der Waals surface area contributed by atoms with E-state index >= 15 is 4.39 Å². The van der Waals surface area contributed by atoms with Crippen molar-refractivity contribution in [2.75, 3.05) is 31.1 Å². The number of pyridine rings is 1. The van der Waals surface area contributed by atoms with E-state index in [1.807, 2.05) is 29.8 Å². The number of hydrogen-bond donors (Lipinski definition) is 1. The molecule has 4 saturated heterocycles. The van der Waals surface area contributed by atoms with Crippen LogP contribution >= 0.6 is 0 Å². The first kappa shape index (κ1) is 28.5. The third-order valence-electron chi connectivity index (χ3n) is 12.7. The second-order valence-electron chi connectivity index (χ2n) is 15.5. The molecule has 7 nitrogen and oxygen atoms in total. The Hall–Kier alpha value is -3.50. The second kappa shape index (κ2) is 9.78. The highest BCUT2D eigenvalue weighted by Gasteiger charge is 2.62. The van der Waals surface area contributed by atoms with Gasteiger partial charge >= 0.3 is 6.01 Å². The van der Waals surface area contributed by atoms with Crippen LogP contribution in [0.5, 0.6) is 6.01 Å². The number of anilines is 1. The van der Waals surface area contributed by atoms with E-state index < -0.39 is 12.0 Å². The van der Waals surface area contributed by atoms with Crippen LogP contribution in [0.4, 0.5) is 19.0 Å². The number of fused-ring (bicyclic) bond motifs is 7. The topological polar surface area (TPSA) is 57.4 Å². The van der Waals surface area contributed by atoms with E-state index in [-0.39, 0.29) is 28.9 Å². The fourth-order valence-corrected chi connectivity index (χ4v) is 10.3. The molecule has 4 aromatic rings. The molecule has 1 spiro atoms. The first-order chi connectivity index (χ1) is 22.7. The number of rotatable bonds is 4.